The lowest BCUT2D eigenvalue weighted by Crippen LogP contribution is -2.18. The number of nitrogens with one attached hydrogen (secondary N) is 1. The first-order chi connectivity index (χ1) is 9.04. The van der Waals surface area contributed by atoms with E-state index in [9.17, 15) is 15.0 Å². The van der Waals surface area contributed by atoms with Crippen molar-refractivity contribution in [3.05, 3.63) is 35.5 Å². The van der Waals surface area contributed by atoms with Crippen LogP contribution in [0.1, 0.15) is 28.4 Å². The third kappa shape index (κ3) is 2.75. The van der Waals surface area contributed by atoms with Crippen molar-refractivity contribution >= 4 is 29.5 Å². The van der Waals surface area contributed by atoms with Gasteiger partial charge in [0.15, 0.2) is 0 Å². The Balaban J connectivity index is 2.39. The second-order valence-corrected chi connectivity index (χ2v) is 4.78. The summed E-state index contributed by atoms with van der Waals surface area (Å²) in [5.41, 5.74) is 1.31. The molecule has 0 radical (unpaired) electrons. The molecule has 2 unspecified atom stereocenters. The Bertz CT molecular complexity index is 595. The van der Waals surface area contributed by atoms with Gasteiger partial charge in [0.2, 0.25) is 0 Å². The van der Waals surface area contributed by atoms with Gasteiger partial charge in [0.1, 0.15) is 6.10 Å². The van der Waals surface area contributed by atoms with Crippen molar-refractivity contribution in [1.82, 2.24) is 4.98 Å². The summed E-state index contributed by atoms with van der Waals surface area (Å²) in [6, 6.07) is 4.94. The molecule has 2 rings (SSSR count). The van der Waals surface area contributed by atoms with Crippen LogP contribution in [-0.4, -0.2) is 38.1 Å². The normalized spacial score (nSPS) is 14.5. The zero-order valence-corrected chi connectivity index (χ0v) is 11.0. The standard InChI is InChI=1S/C13H15NO4S/c15-11(3-4-19)12(16)7-1-2-10-8(5-7)9(6-14-10)13(17)18/h1-2,5-6,11-12,14-16,19H,3-4H2,(H,17,18). The molecule has 6 heteroatoms. The van der Waals surface area contributed by atoms with Crippen molar-refractivity contribution in [1.29, 1.82) is 0 Å². The Labute approximate surface area is 115 Å². The van der Waals surface area contributed by atoms with Gasteiger partial charge in [-0.2, -0.15) is 12.6 Å². The minimum atomic E-state index is -1.05. The summed E-state index contributed by atoms with van der Waals surface area (Å²) >= 11 is 4.01. The smallest absolute Gasteiger partial charge is 0.337 e. The number of hydrogen-bond donors (Lipinski definition) is 5. The van der Waals surface area contributed by atoms with E-state index in [4.69, 9.17) is 5.11 Å². The van der Waals surface area contributed by atoms with Crippen LogP contribution >= 0.6 is 12.6 Å². The van der Waals surface area contributed by atoms with Gasteiger partial charge in [0, 0.05) is 17.1 Å². The maximum absolute atomic E-state index is 11.1. The predicted octanol–water partition coefficient (Wildman–Crippen LogP) is 1.58. The summed E-state index contributed by atoms with van der Waals surface area (Å²) in [5, 5.41) is 29.3. The molecular formula is C13H15NO4S. The number of aliphatic hydroxyl groups excluding tert-OH is 2. The van der Waals surface area contributed by atoms with Gasteiger partial charge >= 0.3 is 5.97 Å². The fraction of sp³-hybridized carbons (Fsp3) is 0.308. The van der Waals surface area contributed by atoms with E-state index in [-0.39, 0.29) is 5.56 Å². The van der Waals surface area contributed by atoms with E-state index >= 15 is 0 Å². The first kappa shape index (κ1) is 13.9. The van der Waals surface area contributed by atoms with Crippen LogP contribution < -0.4 is 0 Å². The van der Waals surface area contributed by atoms with Gasteiger partial charge in [-0.25, -0.2) is 4.79 Å². The minimum Gasteiger partial charge on any atom is -0.478 e. The molecule has 0 aliphatic rings. The Morgan fingerprint density at radius 1 is 1.37 bits per heavy atom. The summed E-state index contributed by atoms with van der Waals surface area (Å²) in [4.78, 5) is 13.9. The molecule has 0 fully saturated rings. The lowest BCUT2D eigenvalue weighted by molar-refractivity contribution is 0.0173. The Morgan fingerprint density at radius 2 is 2.11 bits per heavy atom. The summed E-state index contributed by atoms with van der Waals surface area (Å²) in [6.07, 6.45) is -0.190. The SMILES string of the molecule is O=C(O)c1c[nH]c2ccc(C(O)C(O)CCS)cc12. The highest BCUT2D eigenvalue weighted by molar-refractivity contribution is 7.80. The molecule has 0 aliphatic carbocycles. The maximum atomic E-state index is 11.1. The molecule has 19 heavy (non-hydrogen) atoms. The highest BCUT2D eigenvalue weighted by atomic mass is 32.1. The molecule has 0 spiro atoms. The van der Waals surface area contributed by atoms with Gasteiger partial charge in [-0.3, -0.25) is 0 Å². The van der Waals surface area contributed by atoms with Crippen LogP contribution in [0.4, 0.5) is 0 Å². The Hall–Kier alpha value is -1.50. The number of carboxylic acid groups (broad SMARTS) is 1. The van der Waals surface area contributed by atoms with E-state index in [1.165, 1.54) is 6.20 Å². The van der Waals surface area contributed by atoms with Crippen molar-refractivity contribution in [2.45, 2.75) is 18.6 Å². The minimum absolute atomic E-state index is 0.146. The molecule has 2 atom stereocenters. The molecule has 0 bridgehead atoms. The third-order valence-corrected chi connectivity index (χ3v) is 3.33. The fourth-order valence-corrected chi connectivity index (χ4v) is 2.28. The number of thiol groups is 1. The summed E-state index contributed by atoms with van der Waals surface area (Å²) in [5.74, 6) is -0.570. The molecule has 0 amide bonds. The Morgan fingerprint density at radius 3 is 2.74 bits per heavy atom. The Kier molecular flexibility index (Phi) is 4.14. The average Bonchev–Trinajstić information content (AvgIpc) is 2.80. The highest BCUT2D eigenvalue weighted by Crippen LogP contribution is 2.25. The number of aromatic carboxylic acids is 1. The van der Waals surface area contributed by atoms with Gasteiger partial charge in [-0.1, -0.05) is 6.07 Å². The quantitative estimate of drug-likeness (QED) is 0.538. The highest BCUT2D eigenvalue weighted by Gasteiger charge is 2.19. The van der Waals surface area contributed by atoms with E-state index in [0.29, 0.717) is 28.6 Å². The first-order valence-electron chi connectivity index (χ1n) is 5.86. The van der Waals surface area contributed by atoms with E-state index in [1.54, 1.807) is 18.2 Å². The number of benzene rings is 1. The van der Waals surface area contributed by atoms with Crippen molar-refractivity contribution in [3.8, 4) is 0 Å². The molecule has 1 aromatic heterocycles. The number of aromatic amines is 1. The molecule has 0 saturated heterocycles. The van der Waals surface area contributed by atoms with Gasteiger partial charge < -0.3 is 20.3 Å². The molecule has 102 valence electrons. The zero-order chi connectivity index (χ0) is 14.0. The van der Waals surface area contributed by atoms with Crippen molar-refractivity contribution < 1.29 is 20.1 Å². The van der Waals surface area contributed by atoms with Crippen LogP contribution in [0.15, 0.2) is 24.4 Å². The van der Waals surface area contributed by atoms with Crippen LogP contribution in [0.25, 0.3) is 10.9 Å². The van der Waals surface area contributed by atoms with Gasteiger partial charge in [-0.15, -0.1) is 0 Å². The number of H-pyrrole nitrogens is 1. The molecule has 0 saturated carbocycles. The van der Waals surface area contributed by atoms with Crippen molar-refractivity contribution in [2.75, 3.05) is 5.75 Å². The predicted molar refractivity (Wildman–Crippen MR) is 74.7 cm³/mol. The number of aliphatic hydroxyl groups is 2. The maximum Gasteiger partial charge on any atom is 0.337 e. The molecule has 4 N–H and O–H groups in total. The van der Waals surface area contributed by atoms with Gasteiger partial charge in [0.05, 0.1) is 11.7 Å². The number of carbonyl (C=O) groups is 1. The number of fused-ring (bicyclic) bond motifs is 1. The number of hydrogen-bond acceptors (Lipinski definition) is 4. The van der Waals surface area contributed by atoms with Crippen LogP contribution in [0, 0.1) is 0 Å². The monoisotopic (exact) mass is 281 g/mol. The summed E-state index contributed by atoms with van der Waals surface area (Å²) in [7, 11) is 0. The molecular weight excluding hydrogens is 266 g/mol. The second kappa shape index (κ2) is 5.64. The fourth-order valence-electron chi connectivity index (χ4n) is 2.01. The topological polar surface area (TPSA) is 93.5 Å². The number of aromatic nitrogens is 1. The lowest BCUT2D eigenvalue weighted by Gasteiger charge is -2.17. The van der Waals surface area contributed by atoms with E-state index in [2.05, 4.69) is 17.6 Å². The van der Waals surface area contributed by atoms with E-state index in [1.807, 2.05) is 0 Å². The molecule has 5 nitrogen and oxygen atoms in total. The van der Waals surface area contributed by atoms with Crippen LogP contribution in [0.2, 0.25) is 0 Å². The van der Waals surface area contributed by atoms with Crippen molar-refractivity contribution in [2.24, 2.45) is 0 Å². The molecule has 1 heterocycles. The van der Waals surface area contributed by atoms with Gasteiger partial charge in [0.25, 0.3) is 0 Å². The van der Waals surface area contributed by atoms with Crippen LogP contribution in [0.3, 0.4) is 0 Å². The molecule has 0 aliphatic heterocycles. The number of carboxylic acids is 1. The van der Waals surface area contributed by atoms with Crippen molar-refractivity contribution in [3.63, 3.8) is 0 Å². The van der Waals surface area contributed by atoms with Crippen LogP contribution in [-0.2, 0) is 0 Å². The average molecular weight is 281 g/mol. The second-order valence-electron chi connectivity index (χ2n) is 4.34. The summed E-state index contributed by atoms with van der Waals surface area (Å²) in [6.45, 7) is 0. The number of rotatable bonds is 5. The van der Waals surface area contributed by atoms with E-state index < -0.39 is 18.2 Å². The van der Waals surface area contributed by atoms with E-state index in [0.717, 1.165) is 0 Å². The summed E-state index contributed by atoms with van der Waals surface area (Å²) < 4.78 is 0. The third-order valence-electron chi connectivity index (χ3n) is 3.07. The molecule has 1 aromatic carbocycles. The first-order valence-corrected chi connectivity index (χ1v) is 6.49. The largest absolute Gasteiger partial charge is 0.478 e. The zero-order valence-electron chi connectivity index (χ0n) is 10.1. The van der Waals surface area contributed by atoms with Gasteiger partial charge in [-0.05, 0) is 29.9 Å². The lowest BCUT2D eigenvalue weighted by atomic mass is 10.0. The van der Waals surface area contributed by atoms with Crippen LogP contribution in [0.5, 0.6) is 0 Å². The molecule has 2 aromatic rings.